The third-order valence-electron chi connectivity index (χ3n) is 2.11. The van der Waals surface area contributed by atoms with Crippen LogP contribution in [-0.4, -0.2) is 19.1 Å². The van der Waals surface area contributed by atoms with Gasteiger partial charge in [0.25, 0.3) is 0 Å². The smallest absolute Gasteiger partial charge is 0.330 e. The molecule has 0 saturated carbocycles. The third-order valence-corrected chi connectivity index (χ3v) is 2.11. The summed E-state index contributed by atoms with van der Waals surface area (Å²) in [5.74, 6) is -0.312. The lowest BCUT2D eigenvalue weighted by atomic mass is 10.1. The van der Waals surface area contributed by atoms with Crippen LogP contribution in [0.2, 0.25) is 0 Å². The van der Waals surface area contributed by atoms with Crippen molar-refractivity contribution in [1.82, 2.24) is 0 Å². The maximum atomic E-state index is 11.1. The van der Waals surface area contributed by atoms with Gasteiger partial charge in [-0.1, -0.05) is 24.3 Å². The summed E-state index contributed by atoms with van der Waals surface area (Å²) in [6.45, 7) is 2.84. The van der Waals surface area contributed by atoms with Crippen LogP contribution in [0.1, 0.15) is 18.1 Å². The number of benzene rings is 1. The zero-order valence-electron chi connectivity index (χ0n) is 9.48. The highest BCUT2D eigenvalue weighted by atomic mass is 16.5. The molecule has 1 aromatic rings. The molecule has 2 N–H and O–H groups in total. The molecule has 16 heavy (non-hydrogen) atoms. The number of carbonyl (C=O) groups excluding carboxylic acids is 1. The van der Waals surface area contributed by atoms with Gasteiger partial charge in [0, 0.05) is 6.08 Å². The molecule has 1 rings (SSSR count). The fourth-order valence-electron chi connectivity index (χ4n) is 1.32. The van der Waals surface area contributed by atoms with Crippen LogP contribution in [0.3, 0.4) is 0 Å². The molecule has 0 atom stereocenters. The molecule has 86 valence electrons. The third kappa shape index (κ3) is 4.28. The quantitative estimate of drug-likeness (QED) is 0.606. The summed E-state index contributed by atoms with van der Waals surface area (Å²) in [4.78, 5) is 11.1. The van der Waals surface area contributed by atoms with Crippen molar-refractivity contribution in [3.8, 4) is 0 Å². The lowest BCUT2D eigenvalue weighted by Crippen LogP contribution is -2.02. The van der Waals surface area contributed by atoms with Gasteiger partial charge >= 0.3 is 5.97 Å². The standard InChI is InChI=1S/C13H17NO2/c1-2-16-13(15)8-7-11-3-5-12(6-4-11)9-10-14/h3-8H,2,9-10,14H2,1H3/b8-7+. The van der Waals surface area contributed by atoms with Gasteiger partial charge in [0.1, 0.15) is 0 Å². The van der Waals surface area contributed by atoms with Crippen molar-refractivity contribution in [2.45, 2.75) is 13.3 Å². The van der Waals surface area contributed by atoms with Crippen molar-refractivity contribution in [3.05, 3.63) is 41.5 Å². The van der Waals surface area contributed by atoms with E-state index in [1.807, 2.05) is 24.3 Å². The topological polar surface area (TPSA) is 52.3 Å². The van der Waals surface area contributed by atoms with Crippen LogP contribution < -0.4 is 5.73 Å². The predicted octanol–water partition coefficient (Wildman–Crippen LogP) is 1.76. The second-order valence-electron chi connectivity index (χ2n) is 3.37. The zero-order valence-corrected chi connectivity index (χ0v) is 9.48. The first kappa shape index (κ1) is 12.5. The number of rotatable bonds is 5. The molecule has 0 aliphatic rings. The number of nitrogens with two attached hydrogens (primary N) is 1. The van der Waals surface area contributed by atoms with E-state index >= 15 is 0 Å². The number of esters is 1. The normalized spacial score (nSPS) is 10.6. The Hall–Kier alpha value is -1.61. The van der Waals surface area contributed by atoms with E-state index in [2.05, 4.69) is 0 Å². The van der Waals surface area contributed by atoms with Gasteiger partial charge in [0.2, 0.25) is 0 Å². The number of hydrogen-bond acceptors (Lipinski definition) is 3. The van der Waals surface area contributed by atoms with Crippen LogP contribution in [0.25, 0.3) is 6.08 Å². The second-order valence-corrected chi connectivity index (χ2v) is 3.37. The molecule has 0 aliphatic carbocycles. The number of ether oxygens (including phenoxy) is 1. The average Bonchev–Trinajstić information content (AvgIpc) is 2.29. The summed E-state index contributed by atoms with van der Waals surface area (Å²) >= 11 is 0. The predicted molar refractivity (Wildman–Crippen MR) is 64.9 cm³/mol. The minimum Gasteiger partial charge on any atom is -0.463 e. The van der Waals surface area contributed by atoms with E-state index in [-0.39, 0.29) is 5.97 Å². The van der Waals surface area contributed by atoms with Gasteiger partial charge in [-0.25, -0.2) is 4.79 Å². The lowest BCUT2D eigenvalue weighted by molar-refractivity contribution is -0.137. The van der Waals surface area contributed by atoms with Crippen molar-refractivity contribution in [2.75, 3.05) is 13.2 Å². The molecule has 0 unspecified atom stereocenters. The zero-order chi connectivity index (χ0) is 11.8. The summed E-state index contributed by atoms with van der Waals surface area (Å²) < 4.78 is 4.78. The minimum absolute atomic E-state index is 0.312. The van der Waals surface area contributed by atoms with Crippen molar-refractivity contribution >= 4 is 12.0 Å². The van der Waals surface area contributed by atoms with E-state index in [4.69, 9.17) is 10.5 Å². The molecular weight excluding hydrogens is 202 g/mol. The first-order valence-corrected chi connectivity index (χ1v) is 5.40. The van der Waals surface area contributed by atoms with Gasteiger partial charge in [-0.05, 0) is 37.1 Å². The molecule has 0 bridgehead atoms. The second kappa shape index (κ2) is 6.80. The SMILES string of the molecule is CCOC(=O)/C=C/c1ccc(CCN)cc1. The Balaban J connectivity index is 2.57. The summed E-state index contributed by atoms with van der Waals surface area (Å²) in [6.07, 6.45) is 4.05. The highest BCUT2D eigenvalue weighted by molar-refractivity contribution is 5.86. The van der Waals surface area contributed by atoms with Gasteiger partial charge in [0.05, 0.1) is 6.61 Å². The maximum absolute atomic E-state index is 11.1. The fourth-order valence-corrected chi connectivity index (χ4v) is 1.32. The number of hydrogen-bond donors (Lipinski definition) is 1. The maximum Gasteiger partial charge on any atom is 0.330 e. The molecule has 3 heteroatoms. The molecule has 0 saturated heterocycles. The van der Waals surface area contributed by atoms with Crippen molar-refractivity contribution < 1.29 is 9.53 Å². The van der Waals surface area contributed by atoms with E-state index in [9.17, 15) is 4.79 Å². The molecule has 0 aromatic heterocycles. The van der Waals surface area contributed by atoms with Crippen LogP contribution in [0.5, 0.6) is 0 Å². The van der Waals surface area contributed by atoms with Gasteiger partial charge in [-0.3, -0.25) is 0 Å². The Morgan fingerprint density at radius 1 is 1.38 bits per heavy atom. The summed E-state index contributed by atoms with van der Waals surface area (Å²) in [7, 11) is 0. The molecule has 0 aliphatic heterocycles. The van der Waals surface area contributed by atoms with Crippen LogP contribution >= 0.6 is 0 Å². The Bertz CT molecular complexity index is 355. The molecule has 0 amide bonds. The van der Waals surface area contributed by atoms with Gasteiger partial charge < -0.3 is 10.5 Å². The Morgan fingerprint density at radius 3 is 2.62 bits per heavy atom. The van der Waals surface area contributed by atoms with E-state index < -0.39 is 0 Å². The van der Waals surface area contributed by atoms with Crippen LogP contribution in [0.4, 0.5) is 0 Å². The van der Waals surface area contributed by atoms with E-state index in [0.29, 0.717) is 13.2 Å². The average molecular weight is 219 g/mol. The van der Waals surface area contributed by atoms with Crippen LogP contribution in [0, 0.1) is 0 Å². The fraction of sp³-hybridized carbons (Fsp3) is 0.308. The monoisotopic (exact) mass is 219 g/mol. The molecule has 1 aromatic carbocycles. The number of carbonyl (C=O) groups is 1. The molecule has 0 spiro atoms. The van der Waals surface area contributed by atoms with Crippen molar-refractivity contribution in [3.63, 3.8) is 0 Å². The lowest BCUT2D eigenvalue weighted by Gasteiger charge is -1.99. The van der Waals surface area contributed by atoms with Gasteiger partial charge in [0.15, 0.2) is 0 Å². The molecule has 0 heterocycles. The highest BCUT2D eigenvalue weighted by Gasteiger charge is 1.94. The summed E-state index contributed by atoms with van der Waals surface area (Å²) in [5.41, 5.74) is 7.64. The Morgan fingerprint density at radius 2 is 2.06 bits per heavy atom. The molecular formula is C13H17NO2. The van der Waals surface area contributed by atoms with Gasteiger partial charge in [-0.2, -0.15) is 0 Å². The Labute approximate surface area is 95.9 Å². The molecule has 0 radical (unpaired) electrons. The van der Waals surface area contributed by atoms with E-state index in [1.54, 1.807) is 13.0 Å². The molecule has 3 nitrogen and oxygen atoms in total. The summed E-state index contributed by atoms with van der Waals surface area (Å²) in [6, 6.07) is 7.94. The van der Waals surface area contributed by atoms with Gasteiger partial charge in [-0.15, -0.1) is 0 Å². The van der Waals surface area contributed by atoms with Crippen molar-refractivity contribution in [1.29, 1.82) is 0 Å². The van der Waals surface area contributed by atoms with Crippen molar-refractivity contribution in [2.24, 2.45) is 5.73 Å². The Kier molecular flexibility index (Phi) is 5.29. The first-order chi connectivity index (χ1) is 7.76. The highest BCUT2D eigenvalue weighted by Crippen LogP contribution is 2.06. The largest absolute Gasteiger partial charge is 0.463 e. The van der Waals surface area contributed by atoms with Crippen LogP contribution in [-0.2, 0) is 16.0 Å². The van der Waals surface area contributed by atoms with E-state index in [1.165, 1.54) is 11.6 Å². The first-order valence-electron chi connectivity index (χ1n) is 5.40. The minimum atomic E-state index is -0.312. The van der Waals surface area contributed by atoms with Crippen LogP contribution in [0.15, 0.2) is 30.3 Å². The molecule has 0 fully saturated rings. The van der Waals surface area contributed by atoms with E-state index in [0.717, 1.165) is 12.0 Å². The summed E-state index contributed by atoms with van der Waals surface area (Å²) in [5, 5.41) is 0.